The highest BCUT2D eigenvalue weighted by Crippen LogP contribution is 1.66. The van der Waals surface area contributed by atoms with Gasteiger partial charge in [0, 0.05) is 13.1 Å². The Morgan fingerprint density at radius 2 is 2.22 bits per heavy atom. The topological polar surface area (TPSA) is 62.4 Å². The highest BCUT2D eigenvalue weighted by atomic mass is 15.3. The van der Waals surface area contributed by atoms with Crippen LogP contribution in [0.2, 0.25) is 0 Å². The summed E-state index contributed by atoms with van der Waals surface area (Å²) in [7, 11) is 0. The molecular weight excluding hydrogens is 116 g/mol. The summed E-state index contributed by atoms with van der Waals surface area (Å²) in [5, 5.41) is 2.95. The van der Waals surface area contributed by atoms with E-state index in [-0.39, 0.29) is 0 Å². The number of rotatable bonds is 2. The van der Waals surface area contributed by atoms with Gasteiger partial charge in [0.2, 0.25) is 5.96 Å². The molecule has 0 rings (SSSR count). The maximum atomic E-state index is 5.10. The van der Waals surface area contributed by atoms with Gasteiger partial charge in [-0.25, -0.2) is 5.84 Å². The largest absolute Gasteiger partial charge is 0.356 e. The molecule has 0 aromatic carbocycles. The van der Waals surface area contributed by atoms with Crippen molar-refractivity contribution in [3.8, 4) is 0 Å². The lowest BCUT2D eigenvalue weighted by atomic mass is 10.7. The van der Waals surface area contributed by atoms with E-state index in [0.29, 0.717) is 5.96 Å². The van der Waals surface area contributed by atoms with Crippen molar-refractivity contribution in [3.63, 3.8) is 0 Å². The summed E-state index contributed by atoms with van der Waals surface area (Å²) in [6.45, 7) is 5.52. The molecule has 0 saturated heterocycles. The number of aliphatic imine (C=N–C) groups is 1. The molecule has 0 aliphatic carbocycles. The van der Waals surface area contributed by atoms with Crippen LogP contribution < -0.4 is 16.6 Å². The summed E-state index contributed by atoms with van der Waals surface area (Å²) in [6.07, 6.45) is 0. The van der Waals surface area contributed by atoms with Crippen LogP contribution in [0, 0.1) is 0 Å². The minimum absolute atomic E-state index is 0.653. The average molecular weight is 130 g/mol. The van der Waals surface area contributed by atoms with Crippen LogP contribution in [0.1, 0.15) is 13.8 Å². The SMILES string of the molecule is CCN=C(NN)NCC. The molecule has 0 unspecified atom stereocenters. The van der Waals surface area contributed by atoms with Crippen LogP contribution in [0.25, 0.3) is 0 Å². The van der Waals surface area contributed by atoms with Crippen LogP contribution in [0.4, 0.5) is 0 Å². The van der Waals surface area contributed by atoms with Crippen LogP contribution in [0.5, 0.6) is 0 Å². The normalized spacial score (nSPS) is 11.2. The van der Waals surface area contributed by atoms with Crippen molar-refractivity contribution in [2.75, 3.05) is 13.1 Å². The van der Waals surface area contributed by atoms with Crippen LogP contribution >= 0.6 is 0 Å². The van der Waals surface area contributed by atoms with Gasteiger partial charge >= 0.3 is 0 Å². The van der Waals surface area contributed by atoms with Crippen molar-refractivity contribution >= 4 is 5.96 Å². The molecule has 0 aliphatic heterocycles. The number of hydrogen-bond donors (Lipinski definition) is 3. The van der Waals surface area contributed by atoms with Gasteiger partial charge in [0.05, 0.1) is 0 Å². The molecule has 0 bridgehead atoms. The molecule has 0 aromatic rings. The van der Waals surface area contributed by atoms with E-state index in [1.807, 2.05) is 13.8 Å². The van der Waals surface area contributed by atoms with E-state index in [2.05, 4.69) is 15.7 Å². The van der Waals surface area contributed by atoms with Crippen LogP contribution in [0.3, 0.4) is 0 Å². The molecule has 0 aromatic heterocycles. The van der Waals surface area contributed by atoms with Gasteiger partial charge in [-0.15, -0.1) is 0 Å². The zero-order chi connectivity index (χ0) is 7.11. The first kappa shape index (κ1) is 8.23. The Bertz CT molecular complexity index is 89.0. The summed E-state index contributed by atoms with van der Waals surface area (Å²) < 4.78 is 0. The minimum Gasteiger partial charge on any atom is -0.356 e. The highest BCUT2D eigenvalue weighted by Gasteiger charge is 1.86. The van der Waals surface area contributed by atoms with Gasteiger partial charge in [-0.3, -0.25) is 10.4 Å². The third kappa shape index (κ3) is 3.78. The average Bonchev–Trinajstić information content (AvgIpc) is 1.88. The van der Waals surface area contributed by atoms with Gasteiger partial charge in [-0.2, -0.15) is 0 Å². The van der Waals surface area contributed by atoms with Gasteiger partial charge < -0.3 is 5.32 Å². The molecule has 0 spiro atoms. The van der Waals surface area contributed by atoms with Gasteiger partial charge in [-0.05, 0) is 13.8 Å². The molecule has 4 N–H and O–H groups in total. The van der Waals surface area contributed by atoms with Crippen LogP contribution in [0.15, 0.2) is 4.99 Å². The van der Waals surface area contributed by atoms with E-state index in [1.54, 1.807) is 0 Å². The number of nitrogens with one attached hydrogen (secondary N) is 2. The Labute approximate surface area is 55.5 Å². The van der Waals surface area contributed by atoms with Gasteiger partial charge in [0.1, 0.15) is 0 Å². The van der Waals surface area contributed by atoms with Crippen molar-refractivity contribution in [2.24, 2.45) is 10.8 Å². The summed E-state index contributed by atoms with van der Waals surface area (Å²) in [4.78, 5) is 4.00. The van der Waals surface area contributed by atoms with Crippen molar-refractivity contribution in [1.29, 1.82) is 0 Å². The first-order chi connectivity index (χ1) is 4.35. The van der Waals surface area contributed by atoms with E-state index < -0.39 is 0 Å². The lowest BCUT2D eigenvalue weighted by molar-refractivity contribution is 0.859. The van der Waals surface area contributed by atoms with Gasteiger partial charge in [0.15, 0.2) is 0 Å². The standard InChI is InChI=1S/C5H14N4/c1-3-7-5(9-6)8-4-2/h3-4,6H2,1-2H3,(H2,7,8,9). The fourth-order valence-corrected chi connectivity index (χ4v) is 0.478. The predicted octanol–water partition coefficient (Wildman–Crippen LogP) is -0.565. The Morgan fingerprint density at radius 3 is 2.56 bits per heavy atom. The Kier molecular flexibility index (Phi) is 4.91. The van der Waals surface area contributed by atoms with Crippen molar-refractivity contribution in [1.82, 2.24) is 10.7 Å². The molecule has 9 heavy (non-hydrogen) atoms. The zero-order valence-corrected chi connectivity index (χ0v) is 5.94. The fraction of sp³-hybridized carbons (Fsp3) is 0.800. The molecule has 0 amide bonds. The summed E-state index contributed by atoms with van der Waals surface area (Å²) in [5.41, 5.74) is 2.44. The lowest BCUT2D eigenvalue weighted by Crippen LogP contribution is -2.41. The second-order valence-corrected chi connectivity index (χ2v) is 1.50. The third-order valence-corrected chi connectivity index (χ3v) is 0.797. The number of hydrazine groups is 1. The molecular formula is C5H14N4. The third-order valence-electron chi connectivity index (χ3n) is 0.797. The predicted molar refractivity (Wildman–Crippen MR) is 39.0 cm³/mol. The quantitative estimate of drug-likeness (QED) is 0.203. The molecule has 0 aliphatic rings. The zero-order valence-electron chi connectivity index (χ0n) is 5.94. The van der Waals surface area contributed by atoms with Gasteiger partial charge in [-0.1, -0.05) is 0 Å². The van der Waals surface area contributed by atoms with E-state index >= 15 is 0 Å². The van der Waals surface area contributed by atoms with Crippen molar-refractivity contribution in [2.45, 2.75) is 13.8 Å². The maximum absolute atomic E-state index is 5.10. The number of nitrogens with two attached hydrogens (primary N) is 1. The molecule has 0 atom stereocenters. The van der Waals surface area contributed by atoms with E-state index in [1.165, 1.54) is 0 Å². The number of guanidine groups is 1. The number of nitrogens with zero attached hydrogens (tertiary/aromatic N) is 1. The summed E-state index contributed by atoms with van der Waals surface area (Å²) in [6, 6.07) is 0. The molecule has 54 valence electrons. The van der Waals surface area contributed by atoms with Crippen LogP contribution in [-0.4, -0.2) is 19.0 Å². The molecule has 0 saturated carbocycles. The monoisotopic (exact) mass is 130 g/mol. The summed E-state index contributed by atoms with van der Waals surface area (Å²) >= 11 is 0. The second-order valence-electron chi connectivity index (χ2n) is 1.50. The highest BCUT2D eigenvalue weighted by molar-refractivity contribution is 5.78. The Morgan fingerprint density at radius 1 is 1.56 bits per heavy atom. The first-order valence-corrected chi connectivity index (χ1v) is 3.10. The minimum atomic E-state index is 0.653. The maximum Gasteiger partial charge on any atom is 0.205 e. The van der Waals surface area contributed by atoms with E-state index in [9.17, 15) is 0 Å². The molecule has 4 nitrogen and oxygen atoms in total. The van der Waals surface area contributed by atoms with Gasteiger partial charge in [0.25, 0.3) is 0 Å². The van der Waals surface area contributed by atoms with Crippen LogP contribution in [-0.2, 0) is 0 Å². The van der Waals surface area contributed by atoms with Crippen molar-refractivity contribution in [3.05, 3.63) is 0 Å². The Hall–Kier alpha value is -0.770. The lowest BCUT2D eigenvalue weighted by Gasteiger charge is -2.04. The number of hydrogen-bond acceptors (Lipinski definition) is 2. The molecule has 4 heteroatoms. The first-order valence-electron chi connectivity index (χ1n) is 3.10. The molecule has 0 heterocycles. The Balaban J connectivity index is 3.53. The smallest absolute Gasteiger partial charge is 0.205 e. The fourth-order valence-electron chi connectivity index (χ4n) is 0.478. The molecule has 0 fully saturated rings. The van der Waals surface area contributed by atoms with E-state index in [4.69, 9.17) is 5.84 Å². The second kappa shape index (κ2) is 5.37. The molecule has 0 radical (unpaired) electrons. The van der Waals surface area contributed by atoms with Crippen molar-refractivity contribution < 1.29 is 0 Å². The summed E-state index contributed by atoms with van der Waals surface area (Å²) in [5.74, 6) is 5.75. The van der Waals surface area contributed by atoms with E-state index in [0.717, 1.165) is 13.1 Å².